The number of benzene rings is 1. The minimum Gasteiger partial charge on any atom is -0.315 e. The van der Waals surface area contributed by atoms with Gasteiger partial charge in [-0.25, -0.2) is 0 Å². The van der Waals surface area contributed by atoms with Gasteiger partial charge in [0.05, 0.1) is 17.9 Å². The standard InChI is InChI=1S/C12H11N3OS/c13-6-8-15(9-7-14)12(16)10-17-11-4-2-1-3-5-11/h1-5H,8-10H2. The quantitative estimate of drug-likeness (QED) is 0.584. The van der Waals surface area contributed by atoms with Crippen LogP contribution in [0, 0.1) is 22.7 Å². The molecule has 17 heavy (non-hydrogen) atoms. The Morgan fingerprint density at radius 3 is 2.29 bits per heavy atom. The van der Waals surface area contributed by atoms with Crippen LogP contribution in [0.25, 0.3) is 0 Å². The highest BCUT2D eigenvalue weighted by Gasteiger charge is 2.12. The molecule has 1 rings (SSSR count). The minimum absolute atomic E-state index is 0.0399. The van der Waals surface area contributed by atoms with Crippen LogP contribution in [0.4, 0.5) is 0 Å². The molecule has 0 saturated carbocycles. The molecule has 86 valence electrons. The van der Waals surface area contributed by atoms with E-state index >= 15 is 0 Å². The number of nitrogens with zero attached hydrogens (tertiary/aromatic N) is 3. The number of carbonyl (C=O) groups is 1. The third-order valence-electron chi connectivity index (χ3n) is 1.98. The molecule has 0 aromatic heterocycles. The lowest BCUT2D eigenvalue weighted by Crippen LogP contribution is -2.33. The maximum Gasteiger partial charge on any atom is 0.234 e. The van der Waals surface area contributed by atoms with Crippen LogP contribution >= 0.6 is 11.8 Å². The van der Waals surface area contributed by atoms with Crippen molar-refractivity contribution in [1.82, 2.24) is 4.90 Å². The molecule has 0 fully saturated rings. The first-order chi connectivity index (χ1) is 8.27. The number of nitriles is 2. The molecule has 0 saturated heterocycles. The molecule has 0 N–H and O–H groups in total. The van der Waals surface area contributed by atoms with Crippen LogP contribution < -0.4 is 0 Å². The van der Waals surface area contributed by atoms with E-state index in [1.165, 1.54) is 16.7 Å². The van der Waals surface area contributed by atoms with Gasteiger partial charge in [-0.1, -0.05) is 18.2 Å². The van der Waals surface area contributed by atoms with Crippen molar-refractivity contribution in [3.05, 3.63) is 30.3 Å². The van der Waals surface area contributed by atoms with Crippen molar-refractivity contribution in [2.24, 2.45) is 0 Å². The topological polar surface area (TPSA) is 67.9 Å². The molecular formula is C12H11N3OS. The second-order valence-electron chi connectivity index (χ2n) is 3.17. The van der Waals surface area contributed by atoms with Gasteiger partial charge in [0.25, 0.3) is 0 Å². The Bertz CT molecular complexity index is 431. The summed E-state index contributed by atoms with van der Waals surface area (Å²) in [4.78, 5) is 13.9. The zero-order valence-electron chi connectivity index (χ0n) is 9.17. The smallest absolute Gasteiger partial charge is 0.234 e. The normalized spacial score (nSPS) is 9.06. The molecule has 0 unspecified atom stereocenters. The summed E-state index contributed by atoms with van der Waals surface area (Å²) < 4.78 is 0. The van der Waals surface area contributed by atoms with Crippen molar-refractivity contribution in [1.29, 1.82) is 10.5 Å². The van der Waals surface area contributed by atoms with Crippen LogP contribution in [0.5, 0.6) is 0 Å². The summed E-state index contributed by atoms with van der Waals surface area (Å²) in [5.41, 5.74) is 0. The Morgan fingerprint density at radius 2 is 1.76 bits per heavy atom. The first-order valence-corrected chi connectivity index (χ1v) is 5.96. The highest BCUT2D eigenvalue weighted by Crippen LogP contribution is 2.17. The number of carbonyl (C=O) groups excluding carboxylic acids is 1. The predicted molar refractivity (Wildman–Crippen MR) is 65.0 cm³/mol. The van der Waals surface area contributed by atoms with Gasteiger partial charge in [0, 0.05) is 4.90 Å². The molecule has 0 heterocycles. The van der Waals surface area contributed by atoms with E-state index in [1.54, 1.807) is 0 Å². The summed E-state index contributed by atoms with van der Waals surface area (Å²) in [5.74, 6) is 0.0508. The van der Waals surface area contributed by atoms with Gasteiger partial charge in [-0.2, -0.15) is 10.5 Å². The average molecular weight is 245 g/mol. The predicted octanol–water partition coefficient (Wildman–Crippen LogP) is 1.65. The fraction of sp³-hybridized carbons (Fsp3) is 0.250. The van der Waals surface area contributed by atoms with E-state index in [0.717, 1.165) is 4.90 Å². The van der Waals surface area contributed by atoms with E-state index in [4.69, 9.17) is 10.5 Å². The molecule has 5 heteroatoms. The van der Waals surface area contributed by atoms with E-state index in [1.807, 2.05) is 42.5 Å². The summed E-state index contributed by atoms with van der Waals surface area (Å²) in [5, 5.41) is 17.1. The van der Waals surface area contributed by atoms with E-state index in [0.29, 0.717) is 0 Å². The number of hydrogen-bond acceptors (Lipinski definition) is 4. The van der Waals surface area contributed by atoms with Gasteiger partial charge in [-0.15, -0.1) is 11.8 Å². The number of thioether (sulfide) groups is 1. The maximum atomic E-state index is 11.7. The van der Waals surface area contributed by atoms with Gasteiger partial charge in [-0.05, 0) is 12.1 Å². The first-order valence-electron chi connectivity index (χ1n) is 4.97. The van der Waals surface area contributed by atoms with Crippen molar-refractivity contribution in [3.8, 4) is 12.1 Å². The lowest BCUT2D eigenvalue weighted by Gasteiger charge is -2.15. The molecule has 0 aliphatic heterocycles. The Hall–Kier alpha value is -1.98. The van der Waals surface area contributed by atoms with Crippen LogP contribution in [0.1, 0.15) is 0 Å². The van der Waals surface area contributed by atoms with Gasteiger partial charge in [0.1, 0.15) is 13.1 Å². The van der Waals surface area contributed by atoms with Crippen molar-refractivity contribution < 1.29 is 4.79 Å². The van der Waals surface area contributed by atoms with Crippen LogP contribution in [-0.4, -0.2) is 29.6 Å². The number of hydrogen-bond donors (Lipinski definition) is 0. The maximum absolute atomic E-state index is 11.7. The Morgan fingerprint density at radius 1 is 1.18 bits per heavy atom. The van der Waals surface area contributed by atoms with Crippen molar-refractivity contribution in [2.75, 3.05) is 18.8 Å². The van der Waals surface area contributed by atoms with Gasteiger partial charge in [0.2, 0.25) is 5.91 Å². The van der Waals surface area contributed by atoms with Gasteiger partial charge in [-0.3, -0.25) is 4.79 Å². The summed E-state index contributed by atoms with van der Waals surface area (Å²) >= 11 is 1.40. The van der Waals surface area contributed by atoms with Crippen LogP contribution in [-0.2, 0) is 4.79 Å². The minimum atomic E-state index is -0.193. The van der Waals surface area contributed by atoms with Crippen LogP contribution in [0.3, 0.4) is 0 Å². The zero-order chi connectivity index (χ0) is 12.5. The zero-order valence-corrected chi connectivity index (χ0v) is 9.98. The second kappa shape index (κ2) is 7.32. The van der Waals surface area contributed by atoms with Crippen molar-refractivity contribution >= 4 is 17.7 Å². The van der Waals surface area contributed by atoms with Gasteiger partial charge in [0.15, 0.2) is 0 Å². The molecule has 1 amide bonds. The lowest BCUT2D eigenvalue weighted by molar-refractivity contribution is -0.127. The third kappa shape index (κ3) is 4.58. The van der Waals surface area contributed by atoms with E-state index in [-0.39, 0.29) is 24.7 Å². The summed E-state index contributed by atoms with van der Waals surface area (Å²) in [7, 11) is 0. The SMILES string of the molecule is N#CCN(CC#N)C(=O)CSc1ccccc1. The van der Waals surface area contributed by atoms with Crippen molar-refractivity contribution in [3.63, 3.8) is 0 Å². The summed E-state index contributed by atoms with van der Waals surface area (Å²) in [6, 6.07) is 13.3. The summed E-state index contributed by atoms with van der Waals surface area (Å²) in [6.45, 7) is -0.0799. The molecule has 0 bridgehead atoms. The Kier molecular flexibility index (Phi) is 5.63. The molecule has 0 aliphatic carbocycles. The van der Waals surface area contributed by atoms with Gasteiger partial charge < -0.3 is 4.90 Å². The molecule has 0 atom stereocenters. The largest absolute Gasteiger partial charge is 0.315 e. The number of amides is 1. The lowest BCUT2D eigenvalue weighted by atomic mass is 10.4. The van der Waals surface area contributed by atoms with Crippen LogP contribution in [0.2, 0.25) is 0 Å². The van der Waals surface area contributed by atoms with Crippen molar-refractivity contribution in [2.45, 2.75) is 4.90 Å². The van der Waals surface area contributed by atoms with Crippen LogP contribution in [0.15, 0.2) is 35.2 Å². The fourth-order valence-corrected chi connectivity index (χ4v) is 1.98. The molecular weight excluding hydrogens is 234 g/mol. The molecule has 0 spiro atoms. The molecule has 4 nitrogen and oxygen atoms in total. The molecule has 1 aromatic rings. The third-order valence-corrected chi connectivity index (χ3v) is 2.98. The monoisotopic (exact) mass is 245 g/mol. The van der Waals surface area contributed by atoms with E-state index in [2.05, 4.69) is 0 Å². The Labute approximate surface area is 104 Å². The average Bonchev–Trinajstić information content (AvgIpc) is 2.37. The van der Waals surface area contributed by atoms with E-state index in [9.17, 15) is 4.79 Å². The fourth-order valence-electron chi connectivity index (χ4n) is 1.16. The first kappa shape index (κ1) is 13.1. The molecule has 0 aliphatic rings. The summed E-state index contributed by atoms with van der Waals surface area (Å²) in [6.07, 6.45) is 0. The highest BCUT2D eigenvalue weighted by molar-refractivity contribution is 8.00. The highest BCUT2D eigenvalue weighted by atomic mass is 32.2. The molecule has 0 radical (unpaired) electrons. The number of rotatable bonds is 5. The second-order valence-corrected chi connectivity index (χ2v) is 4.22. The molecule has 1 aromatic carbocycles. The van der Waals surface area contributed by atoms with E-state index < -0.39 is 0 Å². The Balaban J connectivity index is 2.48. The van der Waals surface area contributed by atoms with Gasteiger partial charge >= 0.3 is 0 Å².